The summed E-state index contributed by atoms with van der Waals surface area (Å²) in [5.74, 6) is -0.668. The highest BCUT2D eigenvalue weighted by Gasteiger charge is 2.22. The minimum Gasteiger partial charge on any atom is -0.467 e. The second kappa shape index (κ2) is 9.13. The molecule has 0 aliphatic rings. The Labute approximate surface area is 125 Å². The van der Waals surface area contributed by atoms with Crippen LogP contribution in [-0.2, 0) is 20.7 Å². The molecule has 0 aliphatic heterocycles. The van der Waals surface area contributed by atoms with Crippen molar-refractivity contribution < 1.29 is 14.3 Å². The topological polar surface area (TPSA) is 81.4 Å². The number of nitrogens with one attached hydrogen (secondary N) is 1. The number of amides is 1. The van der Waals surface area contributed by atoms with Crippen molar-refractivity contribution in [2.75, 3.05) is 7.11 Å². The molecule has 1 aromatic carbocycles. The molecule has 0 heterocycles. The summed E-state index contributed by atoms with van der Waals surface area (Å²) in [5, 5.41) is 2.71. The fraction of sp³-hybridized carbons (Fsp3) is 0.500. The summed E-state index contributed by atoms with van der Waals surface area (Å²) < 4.78 is 4.75. The normalized spacial score (nSPS) is 13.3. The molecule has 116 valence electrons. The summed E-state index contributed by atoms with van der Waals surface area (Å²) >= 11 is 0. The van der Waals surface area contributed by atoms with Gasteiger partial charge in [0.2, 0.25) is 5.91 Å². The second-order valence-corrected chi connectivity index (χ2v) is 5.09. The molecule has 0 aromatic heterocycles. The summed E-state index contributed by atoms with van der Waals surface area (Å²) in [6.45, 7) is 2.02. The minimum absolute atomic E-state index is 0.176. The average molecular weight is 292 g/mol. The third kappa shape index (κ3) is 6.40. The van der Waals surface area contributed by atoms with E-state index in [1.165, 1.54) is 7.11 Å². The average Bonchev–Trinajstić information content (AvgIpc) is 2.47. The first kappa shape index (κ1) is 17.2. The molecule has 0 aliphatic carbocycles. The molecule has 1 rings (SSSR count). The number of esters is 1. The fourth-order valence-corrected chi connectivity index (χ4v) is 2.15. The van der Waals surface area contributed by atoms with Crippen molar-refractivity contribution in [1.82, 2.24) is 5.32 Å². The molecule has 2 atom stereocenters. The summed E-state index contributed by atoms with van der Waals surface area (Å²) in [7, 11) is 1.31. The van der Waals surface area contributed by atoms with E-state index in [1.54, 1.807) is 0 Å². The van der Waals surface area contributed by atoms with Gasteiger partial charge in [-0.3, -0.25) is 4.79 Å². The van der Waals surface area contributed by atoms with Crippen LogP contribution in [0.1, 0.15) is 31.7 Å². The summed E-state index contributed by atoms with van der Waals surface area (Å²) in [4.78, 5) is 23.7. The smallest absolute Gasteiger partial charge is 0.328 e. The van der Waals surface area contributed by atoms with Crippen LogP contribution in [0.15, 0.2) is 30.3 Å². The Morgan fingerprint density at radius 2 is 1.95 bits per heavy atom. The van der Waals surface area contributed by atoms with E-state index in [4.69, 9.17) is 10.5 Å². The molecule has 2 unspecified atom stereocenters. The van der Waals surface area contributed by atoms with Gasteiger partial charge in [-0.25, -0.2) is 4.79 Å². The van der Waals surface area contributed by atoms with E-state index in [0.717, 1.165) is 18.4 Å². The number of carbonyl (C=O) groups excluding carboxylic acids is 2. The lowest BCUT2D eigenvalue weighted by Crippen LogP contribution is -2.44. The van der Waals surface area contributed by atoms with Gasteiger partial charge < -0.3 is 15.8 Å². The lowest BCUT2D eigenvalue weighted by Gasteiger charge is -2.18. The first-order chi connectivity index (χ1) is 10.1. The molecule has 0 radical (unpaired) electrons. The van der Waals surface area contributed by atoms with Crippen LogP contribution < -0.4 is 11.1 Å². The van der Waals surface area contributed by atoms with Crippen molar-refractivity contribution in [3.05, 3.63) is 35.9 Å². The number of hydrogen-bond donors (Lipinski definition) is 2. The van der Waals surface area contributed by atoms with Crippen molar-refractivity contribution in [1.29, 1.82) is 0 Å². The van der Waals surface area contributed by atoms with Crippen LogP contribution >= 0.6 is 0 Å². The van der Waals surface area contributed by atoms with Crippen LogP contribution in [0.3, 0.4) is 0 Å². The number of benzene rings is 1. The Balaban J connectivity index is 2.62. The molecule has 0 spiro atoms. The number of methoxy groups -OCH3 is 1. The monoisotopic (exact) mass is 292 g/mol. The highest BCUT2D eigenvalue weighted by atomic mass is 16.5. The molecule has 0 fully saturated rings. The lowest BCUT2D eigenvalue weighted by molar-refractivity contribution is -0.145. The zero-order valence-corrected chi connectivity index (χ0v) is 12.7. The molecular formula is C16H24N2O3. The van der Waals surface area contributed by atoms with Gasteiger partial charge in [-0.2, -0.15) is 0 Å². The highest BCUT2D eigenvalue weighted by Crippen LogP contribution is 2.06. The van der Waals surface area contributed by atoms with Gasteiger partial charge in [0.1, 0.15) is 6.04 Å². The van der Waals surface area contributed by atoms with Crippen molar-refractivity contribution in [2.45, 2.75) is 44.7 Å². The number of hydrogen-bond acceptors (Lipinski definition) is 4. The van der Waals surface area contributed by atoms with Crippen LogP contribution in [0.2, 0.25) is 0 Å². The predicted molar refractivity (Wildman–Crippen MR) is 81.6 cm³/mol. The van der Waals surface area contributed by atoms with E-state index < -0.39 is 12.0 Å². The van der Waals surface area contributed by atoms with Crippen molar-refractivity contribution in [3.63, 3.8) is 0 Å². The van der Waals surface area contributed by atoms with E-state index in [-0.39, 0.29) is 18.4 Å². The van der Waals surface area contributed by atoms with E-state index in [1.807, 2.05) is 37.3 Å². The summed E-state index contributed by atoms with van der Waals surface area (Å²) in [6, 6.07) is 8.64. The maximum absolute atomic E-state index is 12.0. The van der Waals surface area contributed by atoms with Crippen molar-refractivity contribution >= 4 is 11.9 Å². The van der Waals surface area contributed by atoms with Gasteiger partial charge >= 0.3 is 5.97 Å². The molecule has 5 heteroatoms. The van der Waals surface area contributed by atoms with Crippen LogP contribution in [-0.4, -0.2) is 31.1 Å². The lowest BCUT2D eigenvalue weighted by atomic mass is 10.0. The molecule has 0 saturated carbocycles. The van der Waals surface area contributed by atoms with Gasteiger partial charge in [0, 0.05) is 18.9 Å². The van der Waals surface area contributed by atoms with E-state index in [0.29, 0.717) is 6.42 Å². The fourth-order valence-electron chi connectivity index (χ4n) is 2.15. The minimum atomic E-state index is -0.682. The quantitative estimate of drug-likeness (QED) is 0.710. The van der Waals surface area contributed by atoms with Gasteiger partial charge in [0.15, 0.2) is 0 Å². The SMILES string of the molecule is CCCC(N)CC(=O)NC(Cc1ccccc1)C(=O)OC. The van der Waals surface area contributed by atoms with E-state index >= 15 is 0 Å². The zero-order chi connectivity index (χ0) is 15.7. The number of rotatable bonds is 8. The molecule has 21 heavy (non-hydrogen) atoms. The van der Waals surface area contributed by atoms with Crippen LogP contribution in [0, 0.1) is 0 Å². The maximum atomic E-state index is 12.0. The third-order valence-electron chi connectivity index (χ3n) is 3.21. The van der Waals surface area contributed by atoms with Crippen molar-refractivity contribution in [3.8, 4) is 0 Å². The summed E-state index contributed by atoms with van der Waals surface area (Å²) in [5.41, 5.74) is 6.81. The van der Waals surface area contributed by atoms with Gasteiger partial charge in [0.05, 0.1) is 7.11 Å². The Bertz CT molecular complexity index is 448. The van der Waals surface area contributed by atoms with Gasteiger partial charge in [-0.05, 0) is 12.0 Å². The van der Waals surface area contributed by atoms with Gasteiger partial charge in [-0.1, -0.05) is 43.7 Å². The number of carbonyl (C=O) groups is 2. The first-order valence-corrected chi connectivity index (χ1v) is 7.23. The molecule has 1 amide bonds. The first-order valence-electron chi connectivity index (χ1n) is 7.23. The van der Waals surface area contributed by atoms with Crippen molar-refractivity contribution in [2.24, 2.45) is 5.73 Å². The third-order valence-corrected chi connectivity index (χ3v) is 3.21. The van der Waals surface area contributed by atoms with Crippen LogP contribution in [0.5, 0.6) is 0 Å². The maximum Gasteiger partial charge on any atom is 0.328 e. The molecule has 0 bridgehead atoms. The number of nitrogens with two attached hydrogens (primary N) is 1. The van der Waals surface area contributed by atoms with E-state index in [9.17, 15) is 9.59 Å². The predicted octanol–water partition coefficient (Wildman–Crippen LogP) is 1.40. The highest BCUT2D eigenvalue weighted by molar-refractivity contribution is 5.84. The Morgan fingerprint density at radius 1 is 1.29 bits per heavy atom. The van der Waals surface area contributed by atoms with Gasteiger partial charge in [-0.15, -0.1) is 0 Å². The Hall–Kier alpha value is -1.88. The molecule has 1 aromatic rings. The number of ether oxygens (including phenoxy) is 1. The largest absolute Gasteiger partial charge is 0.467 e. The molecular weight excluding hydrogens is 268 g/mol. The molecule has 0 saturated heterocycles. The summed E-state index contributed by atoms with van der Waals surface area (Å²) in [6.07, 6.45) is 2.34. The molecule has 3 N–H and O–H groups in total. The Morgan fingerprint density at radius 3 is 2.52 bits per heavy atom. The standard InChI is InChI=1S/C16H24N2O3/c1-3-7-13(17)11-15(19)18-14(16(20)21-2)10-12-8-5-4-6-9-12/h4-6,8-9,13-14H,3,7,10-11,17H2,1-2H3,(H,18,19). The Kier molecular flexibility index (Phi) is 7.46. The van der Waals surface area contributed by atoms with E-state index in [2.05, 4.69) is 5.32 Å². The molecule has 5 nitrogen and oxygen atoms in total. The van der Waals surface area contributed by atoms with Crippen LogP contribution in [0.4, 0.5) is 0 Å². The zero-order valence-electron chi connectivity index (χ0n) is 12.7. The second-order valence-electron chi connectivity index (χ2n) is 5.09. The van der Waals surface area contributed by atoms with Crippen LogP contribution in [0.25, 0.3) is 0 Å². The van der Waals surface area contributed by atoms with Gasteiger partial charge in [0.25, 0.3) is 0 Å².